The van der Waals surface area contributed by atoms with E-state index in [4.69, 9.17) is 18.9 Å². The van der Waals surface area contributed by atoms with Gasteiger partial charge >= 0.3 is 24.2 Å². The minimum atomic E-state index is -2.13. The summed E-state index contributed by atoms with van der Waals surface area (Å²) in [5.41, 5.74) is -1.77. The van der Waals surface area contributed by atoms with Gasteiger partial charge in [-0.3, -0.25) is 9.59 Å². The van der Waals surface area contributed by atoms with Crippen molar-refractivity contribution < 1.29 is 57.8 Å². The van der Waals surface area contributed by atoms with Crippen LogP contribution in [0, 0.1) is 36.4 Å². The molecule has 2 aliphatic rings. The highest BCUT2D eigenvalue weighted by atomic mass is 32.2. The number of hydrogen-bond acceptors (Lipinski definition) is 11. The summed E-state index contributed by atoms with van der Waals surface area (Å²) in [5.74, 6) is -7.56. The lowest BCUT2D eigenvalue weighted by Gasteiger charge is -2.43. The number of hydrogen-bond donors (Lipinski definition) is 3. The monoisotopic (exact) mass is 587 g/mol. The van der Waals surface area contributed by atoms with E-state index in [9.17, 15) is 38.9 Å². The van der Waals surface area contributed by atoms with Crippen LogP contribution in [0.5, 0.6) is 0 Å². The Morgan fingerprint density at radius 2 is 1.57 bits per heavy atom. The first-order chi connectivity index (χ1) is 18.7. The first kappa shape index (κ1) is 31.4. The van der Waals surface area contributed by atoms with Gasteiger partial charge in [0.05, 0.1) is 24.2 Å². The van der Waals surface area contributed by atoms with Crippen LogP contribution in [0.3, 0.4) is 0 Å². The van der Waals surface area contributed by atoms with Gasteiger partial charge in [0.15, 0.2) is 13.5 Å². The predicted molar refractivity (Wildman–Crippen MR) is 137 cm³/mol. The number of nitrogens with zero attached hydrogens (tertiary/aromatic N) is 1. The summed E-state index contributed by atoms with van der Waals surface area (Å²) in [6.45, 7) is 6.36. The Morgan fingerprint density at radius 3 is 2.02 bits per heavy atom. The lowest BCUT2D eigenvalue weighted by molar-refractivity contribution is -0.174. The first-order valence-electron chi connectivity index (χ1n) is 12.7. The lowest BCUT2D eigenvalue weighted by atomic mass is 9.79. The predicted octanol–water partition coefficient (Wildman–Crippen LogP) is 3.33. The van der Waals surface area contributed by atoms with Gasteiger partial charge in [0.2, 0.25) is 0 Å². The van der Waals surface area contributed by atoms with E-state index < -0.39 is 91.1 Å². The maximum absolute atomic E-state index is 13.8. The average Bonchev–Trinajstić information content (AvgIpc) is 3.53. The second-order valence-electron chi connectivity index (χ2n) is 10.3. The number of rotatable bonds is 12. The Balaban J connectivity index is 1.99. The molecule has 0 bridgehead atoms. The SMILES string of the molecule is Cc1cc(SC[C@@H]2[C@@H](O)[C@H]3[C@H](C(=O)O)[C@H]3[C@@]2(C(=O)O)N(COC(=O)OC(C)C)COC(=O)OC(C)C)ccc1F. The van der Waals surface area contributed by atoms with Crippen molar-refractivity contribution in [1.29, 1.82) is 0 Å². The number of carboxylic acids is 2. The molecule has 0 radical (unpaired) electrons. The molecule has 0 heterocycles. The number of benzene rings is 1. The Hall–Kier alpha value is -3.10. The van der Waals surface area contributed by atoms with Crippen molar-refractivity contribution in [2.45, 2.75) is 63.4 Å². The van der Waals surface area contributed by atoms with E-state index in [0.29, 0.717) is 10.5 Å². The summed E-state index contributed by atoms with van der Waals surface area (Å²) < 4.78 is 34.0. The smallest absolute Gasteiger partial charge is 0.481 e. The molecule has 3 rings (SSSR count). The van der Waals surface area contributed by atoms with Crippen LogP contribution in [0.15, 0.2) is 23.1 Å². The Kier molecular flexibility index (Phi) is 9.90. The molecule has 14 heteroatoms. The molecule has 0 spiro atoms. The zero-order valence-electron chi connectivity index (χ0n) is 22.7. The first-order valence-corrected chi connectivity index (χ1v) is 13.6. The molecule has 0 aliphatic heterocycles. The molecule has 3 N–H and O–H groups in total. The van der Waals surface area contributed by atoms with Crippen LogP contribution in [-0.4, -0.2) is 87.5 Å². The molecule has 6 atom stereocenters. The van der Waals surface area contributed by atoms with Crippen LogP contribution < -0.4 is 0 Å². The fourth-order valence-corrected chi connectivity index (χ4v) is 6.63. The van der Waals surface area contributed by atoms with E-state index in [-0.39, 0.29) is 5.75 Å². The Labute approximate surface area is 234 Å². The van der Waals surface area contributed by atoms with E-state index in [1.54, 1.807) is 40.7 Å². The maximum Gasteiger partial charge on any atom is 0.509 e. The van der Waals surface area contributed by atoms with Crippen molar-refractivity contribution >= 4 is 36.0 Å². The topological polar surface area (TPSA) is 169 Å². The minimum absolute atomic E-state index is 0.0265. The highest BCUT2D eigenvalue weighted by Crippen LogP contribution is 2.67. The van der Waals surface area contributed by atoms with Gasteiger partial charge in [-0.15, -0.1) is 11.8 Å². The normalized spacial score (nSPS) is 26.9. The van der Waals surface area contributed by atoms with Crippen molar-refractivity contribution in [3.8, 4) is 0 Å². The fourth-order valence-electron chi connectivity index (χ4n) is 5.39. The molecular formula is C26H34FNO11S. The molecule has 2 fully saturated rings. The van der Waals surface area contributed by atoms with Crippen molar-refractivity contribution in [1.82, 2.24) is 4.90 Å². The summed E-state index contributed by atoms with van der Waals surface area (Å²) in [4.78, 5) is 51.1. The van der Waals surface area contributed by atoms with Gasteiger partial charge in [0.25, 0.3) is 0 Å². The van der Waals surface area contributed by atoms with Crippen molar-refractivity contribution in [2.75, 3.05) is 19.2 Å². The van der Waals surface area contributed by atoms with Gasteiger partial charge in [-0.1, -0.05) is 0 Å². The highest BCUT2D eigenvalue weighted by molar-refractivity contribution is 7.99. The molecule has 0 aromatic heterocycles. The summed E-state index contributed by atoms with van der Waals surface area (Å²) in [6, 6.07) is 4.34. The molecule has 1 aromatic rings. The molecule has 0 amide bonds. The van der Waals surface area contributed by atoms with Gasteiger partial charge in [0.1, 0.15) is 11.4 Å². The molecule has 1 aromatic carbocycles. The summed E-state index contributed by atoms with van der Waals surface area (Å²) in [6.07, 6.45) is -4.72. The number of aliphatic carboxylic acids is 2. The number of aliphatic hydroxyl groups is 1. The summed E-state index contributed by atoms with van der Waals surface area (Å²) in [5, 5.41) is 31.7. The number of thioether (sulfide) groups is 1. The molecule has 2 saturated carbocycles. The zero-order valence-corrected chi connectivity index (χ0v) is 23.6. The van der Waals surface area contributed by atoms with Gasteiger partial charge < -0.3 is 34.3 Å². The van der Waals surface area contributed by atoms with E-state index >= 15 is 0 Å². The second kappa shape index (κ2) is 12.6. The van der Waals surface area contributed by atoms with Gasteiger partial charge in [-0.05, 0) is 58.4 Å². The molecule has 0 unspecified atom stereocenters. The van der Waals surface area contributed by atoms with Crippen LogP contribution >= 0.6 is 11.8 Å². The largest absolute Gasteiger partial charge is 0.509 e. The molecule has 12 nitrogen and oxygen atoms in total. The summed E-state index contributed by atoms with van der Waals surface area (Å²) in [7, 11) is 0. The second-order valence-corrected chi connectivity index (χ2v) is 11.4. The number of aryl methyl sites for hydroxylation is 1. The maximum atomic E-state index is 13.8. The number of carbonyl (C=O) groups is 4. The molecule has 222 valence electrons. The Morgan fingerprint density at radius 1 is 1.02 bits per heavy atom. The molecule has 2 aliphatic carbocycles. The zero-order chi connectivity index (χ0) is 29.9. The third-order valence-electron chi connectivity index (χ3n) is 7.01. The number of carbonyl (C=O) groups excluding carboxylic acids is 2. The number of ether oxygens (including phenoxy) is 4. The summed E-state index contributed by atoms with van der Waals surface area (Å²) >= 11 is 1.15. The number of aliphatic hydroxyl groups excluding tert-OH is 1. The highest BCUT2D eigenvalue weighted by Gasteiger charge is 2.80. The van der Waals surface area contributed by atoms with Crippen LogP contribution in [0.25, 0.3) is 0 Å². The lowest BCUT2D eigenvalue weighted by Crippen LogP contribution is -2.63. The number of fused-ring (bicyclic) bond motifs is 1. The van der Waals surface area contributed by atoms with E-state index in [0.717, 1.165) is 16.7 Å². The third kappa shape index (κ3) is 6.44. The van der Waals surface area contributed by atoms with Crippen molar-refractivity contribution in [2.24, 2.45) is 23.7 Å². The Bertz CT molecular complexity index is 1110. The van der Waals surface area contributed by atoms with E-state index in [1.165, 1.54) is 12.1 Å². The van der Waals surface area contributed by atoms with Crippen LogP contribution in [0.2, 0.25) is 0 Å². The van der Waals surface area contributed by atoms with Gasteiger partial charge in [0, 0.05) is 28.4 Å². The van der Waals surface area contributed by atoms with Crippen molar-refractivity contribution in [3.05, 3.63) is 29.6 Å². The molecule has 40 heavy (non-hydrogen) atoms. The standard InChI is InChI=1S/C26H34FNO11S/c1-12(2)38-24(34)36-10-28(11-37-25(35)39-13(3)4)26(23(32)33)16(21(29)18-19(20(18)26)22(30)31)9-40-15-6-7-17(27)14(5)8-15/h6-8,12-13,16,18-21,29H,9-11H2,1-5H3,(H,30,31)(H,32,33)/t16-,18+,19+,20+,21-,26+/m1/s1. The molecule has 0 saturated heterocycles. The minimum Gasteiger partial charge on any atom is -0.481 e. The average molecular weight is 588 g/mol. The molecular weight excluding hydrogens is 553 g/mol. The van der Waals surface area contributed by atoms with Crippen LogP contribution in [0.1, 0.15) is 33.3 Å². The number of halogens is 1. The van der Waals surface area contributed by atoms with Gasteiger partial charge in [-0.25, -0.2) is 18.9 Å². The van der Waals surface area contributed by atoms with Crippen LogP contribution in [0.4, 0.5) is 14.0 Å². The van der Waals surface area contributed by atoms with Crippen molar-refractivity contribution in [3.63, 3.8) is 0 Å². The quantitative estimate of drug-likeness (QED) is 0.185. The van der Waals surface area contributed by atoms with Gasteiger partial charge in [-0.2, -0.15) is 0 Å². The third-order valence-corrected chi connectivity index (χ3v) is 8.12. The number of carboxylic acid groups (broad SMARTS) is 2. The van der Waals surface area contributed by atoms with Crippen LogP contribution in [-0.2, 0) is 28.5 Å². The fraction of sp³-hybridized carbons (Fsp3) is 0.615. The van der Waals surface area contributed by atoms with E-state index in [1.807, 2.05) is 0 Å². The van der Waals surface area contributed by atoms with E-state index in [2.05, 4.69) is 0 Å².